The molecule has 1 fully saturated rings. The van der Waals surface area contributed by atoms with Gasteiger partial charge in [-0.2, -0.15) is 0 Å². The number of aromatic nitrogens is 1. The molecule has 0 unspecified atom stereocenters. The zero-order valence-electron chi connectivity index (χ0n) is 13.6. The van der Waals surface area contributed by atoms with Crippen LogP contribution in [0, 0.1) is 0 Å². The van der Waals surface area contributed by atoms with E-state index < -0.39 is 0 Å². The minimum Gasteiger partial charge on any atom is -0.353 e. The van der Waals surface area contributed by atoms with E-state index in [4.69, 9.17) is 0 Å². The Morgan fingerprint density at radius 1 is 1.00 bits per heavy atom. The fourth-order valence-corrected chi connectivity index (χ4v) is 2.76. The number of carbonyl (C=O) groups is 2. The number of hydrogen-bond donors (Lipinski definition) is 1. The maximum absolute atomic E-state index is 12.6. The highest BCUT2D eigenvalue weighted by atomic mass is 16.2. The lowest BCUT2D eigenvalue weighted by Crippen LogP contribution is -2.49. The predicted octanol–water partition coefficient (Wildman–Crippen LogP) is 2.00. The molecule has 0 bridgehead atoms. The third-order valence-corrected chi connectivity index (χ3v) is 3.99. The molecule has 0 radical (unpaired) electrons. The molecule has 2 aromatic rings. The van der Waals surface area contributed by atoms with Crippen molar-refractivity contribution in [1.82, 2.24) is 9.88 Å². The minimum absolute atomic E-state index is 0.0186. The van der Waals surface area contributed by atoms with Gasteiger partial charge in [-0.05, 0) is 36.4 Å². The molecule has 24 heavy (non-hydrogen) atoms. The molecule has 124 valence electrons. The quantitative estimate of drug-likeness (QED) is 0.938. The van der Waals surface area contributed by atoms with E-state index in [-0.39, 0.29) is 11.8 Å². The van der Waals surface area contributed by atoms with Crippen molar-refractivity contribution in [3.8, 4) is 0 Å². The van der Waals surface area contributed by atoms with E-state index in [0.29, 0.717) is 24.3 Å². The molecule has 1 aromatic heterocycles. The van der Waals surface area contributed by atoms with E-state index in [0.717, 1.165) is 18.9 Å². The Labute approximate surface area is 141 Å². The molecular weight excluding hydrogens is 304 g/mol. The van der Waals surface area contributed by atoms with E-state index in [1.807, 2.05) is 23.1 Å². The van der Waals surface area contributed by atoms with Crippen LogP contribution in [0.4, 0.5) is 11.5 Å². The monoisotopic (exact) mass is 324 g/mol. The average Bonchev–Trinajstić information content (AvgIpc) is 2.62. The maximum Gasteiger partial charge on any atom is 0.253 e. The van der Waals surface area contributed by atoms with Gasteiger partial charge in [0.1, 0.15) is 5.82 Å². The molecule has 6 nitrogen and oxygen atoms in total. The van der Waals surface area contributed by atoms with Gasteiger partial charge in [0.05, 0.1) is 0 Å². The van der Waals surface area contributed by atoms with Gasteiger partial charge in [-0.25, -0.2) is 4.98 Å². The van der Waals surface area contributed by atoms with Gasteiger partial charge < -0.3 is 15.1 Å². The van der Waals surface area contributed by atoms with Crippen LogP contribution in [0.15, 0.2) is 48.7 Å². The molecule has 1 saturated heterocycles. The zero-order chi connectivity index (χ0) is 16.9. The summed E-state index contributed by atoms with van der Waals surface area (Å²) in [6.45, 7) is 4.34. The maximum atomic E-state index is 12.6. The summed E-state index contributed by atoms with van der Waals surface area (Å²) in [6, 6.07) is 12.8. The fourth-order valence-electron chi connectivity index (χ4n) is 2.76. The van der Waals surface area contributed by atoms with Crippen LogP contribution in [0.2, 0.25) is 0 Å². The topological polar surface area (TPSA) is 65.5 Å². The first-order chi connectivity index (χ1) is 11.6. The minimum atomic E-state index is -0.125. The Bertz CT molecular complexity index is 708. The molecule has 6 heteroatoms. The number of piperazine rings is 1. The van der Waals surface area contributed by atoms with Crippen molar-refractivity contribution in [3.05, 3.63) is 54.2 Å². The van der Waals surface area contributed by atoms with Crippen molar-refractivity contribution in [2.24, 2.45) is 0 Å². The van der Waals surface area contributed by atoms with Crippen LogP contribution < -0.4 is 10.2 Å². The number of amides is 2. The standard InChI is InChI=1S/C18H20N4O2/c1-14(23)20-16-7-5-15(6-8-16)18(24)22-12-10-21(11-13-22)17-4-2-3-9-19-17/h2-9H,10-13H2,1H3,(H,20,23). The van der Waals surface area contributed by atoms with Gasteiger partial charge in [0.25, 0.3) is 5.91 Å². The summed E-state index contributed by atoms with van der Waals surface area (Å²) < 4.78 is 0. The van der Waals surface area contributed by atoms with Crippen LogP contribution in [0.1, 0.15) is 17.3 Å². The lowest BCUT2D eigenvalue weighted by atomic mass is 10.1. The van der Waals surface area contributed by atoms with Crippen LogP contribution in [-0.2, 0) is 4.79 Å². The average molecular weight is 324 g/mol. The number of nitrogens with one attached hydrogen (secondary N) is 1. The molecule has 1 aromatic carbocycles. The highest BCUT2D eigenvalue weighted by molar-refractivity contribution is 5.95. The zero-order valence-corrected chi connectivity index (χ0v) is 13.6. The molecule has 0 aliphatic carbocycles. The number of pyridine rings is 1. The molecule has 3 rings (SSSR count). The molecule has 1 aliphatic rings. The Balaban J connectivity index is 1.60. The van der Waals surface area contributed by atoms with E-state index in [1.165, 1.54) is 6.92 Å². The molecule has 0 atom stereocenters. The van der Waals surface area contributed by atoms with Gasteiger partial charge in [-0.15, -0.1) is 0 Å². The SMILES string of the molecule is CC(=O)Nc1ccc(C(=O)N2CCN(c3ccccn3)CC2)cc1. The van der Waals surface area contributed by atoms with Crippen LogP contribution in [-0.4, -0.2) is 47.9 Å². The third kappa shape index (κ3) is 3.71. The second-order valence-electron chi connectivity index (χ2n) is 5.73. The first kappa shape index (κ1) is 16.0. The summed E-state index contributed by atoms with van der Waals surface area (Å²) in [5.74, 6) is 0.842. The van der Waals surface area contributed by atoms with Crippen LogP contribution in [0.5, 0.6) is 0 Å². The summed E-state index contributed by atoms with van der Waals surface area (Å²) in [5, 5.41) is 2.70. The second-order valence-corrected chi connectivity index (χ2v) is 5.73. The lowest BCUT2D eigenvalue weighted by molar-refractivity contribution is -0.114. The first-order valence-electron chi connectivity index (χ1n) is 7.96. The normalized spacial score (nSPS) is 14.4. The molecule has 1 aliphatic heterocycles. The Hall–Kier alpha value is -2.89. The van der Waals surface area contributed by atoms with Crippen molar-refractivity contribution < 1.29 is 9.59 Å². The van der Waals surface area contributed by atoms with E-state index in [9.17, 15) is 9.59 Å². The number of nitrogens with zero attached hydrogens (tertiary/aromatic N) is 3. The Morgan fingerprint density at radius 2 is 1.71 bits per heavy atom. The number of anilines is 2. The van der Waals surface area contributed by atoms with Gasteiger partial charge in [-0.3, -0.25) is 9.59 Å². The van der Waals surface area contributed by atoms with Gasteiger partial charge >= 0.3 is 0 Å². The predicted molar refractivity (Wildman–Crippen MR) is 93.1 cm³/mol. The summed E-state index contributed by atoms with van der Waals surface area (Å²) in [5.41, 5.74) is 1.33. The summed E-state index contributed by atoms with van der Waals surface area (Å²) >= 11 is 0. The van der Waals surface area contributed by atoms with Gasteiger partial charge in [0.2, 0.25) is 5.91 Å². The third-order valence-electron chi connectivity index (χ3n) is 3.99. The van der Waals surface area contributed by atoms with Crippen LogP contribution in [0.25, 0.3) is 0 Å². The summed E-state index contributed by atoms with van der Waals surface area (Å²) in [7, 11) is 0. The second kappa shape index (κ2) is 7.12. The van der Waals surface area contributed by atoms with Crippen molar-refractivity contribution in [1.29, 1.82) is 0 Å². The highest BCUT2D eigenvalue weighted by Gasteiger charge is 2.22. The van der Waals surface area contributed by atoms with Gasteiger partial charge in [-0.1, -0.05) is 6.07 Å². The van der Waals surface area contributed by atoms with Crippen LogP contribution >= 0.6 is 0 Å². The Kier molecular flexibility index (Phi) is 4.74. The van der Waals surface area contributed by atoms with Gasteiger partial charge in [0.15, 0.2) is 0 Å². The number of benzene rings is 1. The molecule has 0 saturated carbocycles. The largest absolute Gasteiger partial charge is 0.353 e. The highest BCUT2D eigenvalue weighted by Crippen LogP contribution is 2.16. The number of hydrogen-bond acceptors (Lipinski definition) is 4. The molecular formula is C18H20N4O2. The molecule has 2 heterocycles. The van der Waals surface area contributed by atoms with Crippen molar-refractivity contribution >= 4 is 23.3 Å². The smallest absolute Gasteiger partial charge is 0.253 e. The van der Waals surface area contributed by atoms with Crippen molar-refractivity contribution in [2.45, 2.75) is 6.92 Å². The summed E-state index contributed by atoms with van der Waals surface area (Å²) in [6.07, 6.45) is 1.78. The fraction of sp³-hybridized carbons (Fsp3) is 0.278. The van der Waals surface area contributed by atoms with Crippen LogP contribution in [0.3, 0.4) is 0 Å². The van der Waals surface area contributed by atoms with E-state index >= 15 is 0 Å². The molecule has 1 N–H and O–H groups in total. The number of rotatable bonds is 3. The van der Waals surface area contributed by atoms with Gasteiger partial charge in [0, 0.05) is 50.6 Å². The molecule has 2 amide bonds. The summed E-state index contributed by atoms with van der Waals surface area (Å²) in [4.78, 5) is 32.0. The lowest BCUT2D eigenvalue weighted by Gasteiger charge is -2.35. The first-order valence-corrected chi connectivity index (χ1v) is 7.96. The number of carbonyl (C=O) groups excluding carboxylic acids is 2. The molecule has 0 spiro atoms. The van der Waals surface area contributed by atoms with E-state index in [1.54, 1.807) is 30.5 Å². The van der Waals surface area contributed by atoms with Crippen molar-refractivity contribution in [3.63, 3.8) is 0 Å². The van der Waals surface area contributed by atoms with E-state index in [2.05, 4.69) is 15.2 Å². The Morgan fingerprint density at radius 3 is 2.29 bits per heavy atom. The van der Waals surface area contributed by atoms with Crippen molar-refractivity contribution in [2.75, 3.05) is 36.4 Å².